The fraction of sp³-hybridized carbons (Fsp3) is 0.429. The van der Waals surface area contributed by atoms with Crippen molar-refractivity contribution in [2.24, 2.45) is 0 Å². The average Bonchev–Trinajstić information content (AvgIpc) is 2.86. The third-order valence-corrected chi connectivity index (χ3v) is 3.80. The summed E-state index contributed by atoms with van der Waals surface area (Å²) in [6, 6.07) is 4.03. The Hall–Kier alpha value is -1.40. The summed E-state index contributed by atoms with van der Waals surface area (Å²) in [5, 5.41) is 7.72. The molecule has 2 aromatic rings. The highest BCUT2D eigenvalue weighted by Crippen LogP contribution is 2.33. The average molecular weight is 339 g/mol. The maximum atomic E-state index is 5.45. The molecule has 1 atom stereocenters. The van der Waals surface area contributed by atoms with Crippen molar-refractivity contribution in [2.75, 3.05) is 14.2 Å². The van der Waals surface area contributed by atoms with Gasteiger partial charge in [0.25, 0.3) is 0 Å². The molecule has 0 aromatic carbocycles. The van der Waals surface area contributed by atoms with Crippen molar-refractivity contribution in [1.82, 2.24) is 20.1 Å². The summed E-state index contributed by atoms with van der Waals surface area (Å²) in [6.07, 6.45) is 3.53. The zero-order chi connectivity index (χ0) is 14.7. The van der Waals surface area contributed by atoms with Crippen LogP contribution in [0.4, 0.5) is 0 Å². The quantitative estimate of drug-likeness (QED) is 0.910. The molecule has 0 saturated carbocycles. The lowest BCUT2D eigenvalue weighted by atomic mass is 10.1. The minimum Gasteiger partial charge on any atom is -0.493 e. The number of rotatable bonds is 5. The van der Waals surface area contributed by atoms with E-state index in [9.17, 15) is 0 Å². The molecular weight excluding hydrogens is 320 g/mol. The van der Waals surface area contributed by atoms with E-state index in [0.29, 0.717) is 0 Å². The van der Waals surface area contributed by atoms with Crippen LogP contribution in [0.5, 0.6) is 5.75 Å². The molecule has 0 radical (unpaired) electrons. The predicted molar refractivity (Wildman–Crippen MR) is 82.0 cm³/mol. The number of pyridine rings is 1. The molecule has 0 aliphatic rings. The molecule has 108 valence electrons. The number of hydrogen-bond donors (Lipinski definition) is 1. The molecule has 2 rings (SSSR count). The first-order valence-corrected chi connectivity index (χ1v) is 7.28. The van der Waals surface area contributed by atoms with Gasteiger partial charge in [-0.15, -0.1) is 0 Å². The molecule has 2 aromatic heterocycles. The van der Waals surface area contributed by atoms with Gasteiger partial charge in [0.05, 0.1) is 25.0 Å². The molecule has 20 heavy (non-hydrogen) atoms. The van der Waals surface area contributed by atoms with Gasteiger partial charge in [0.15, 0.2) is 5.75 Å². The van der Waals surface area contributed by atoms with Crippen molar-refractivity contribution in [3.05, 3.63) is 40.4 Å². The van der Waals surface area contributed by atoms with Crippen LogP contribution in [0.25, 0.3) is 0 Å². The summed E-state index contributed by atoms with van der Waals surface area (Å²) < 4.78 is 8.37. The number of aromatic nitrogens is 3. The van der Waals surface area contributed by atoms with Gasteiger partial charge in [-0.1, -0.05) is 0 Å². The minimum atomic E-state index is -0.0922. The van der Waals surface area contributed by atoms with E-state index in [1.54, 1.807) is 19.5 Å². The third-order valence-electron chi connectivity index (χ3n) is 3.13. The number of methoxy groups -OCH3 is 1. The van der Waals surface area contributed by atoms with Gasteiger partial charge in [-0.3, -0.25) is 9.67 Å². The van der Waals surface area contributed by atoms with Crippen LogP contribution in [0.3, 0.4) is 0 Å². The van der Waals surface area contributed by atoms with E-state index in [-0.39, 0.29) is 12.1 Å². The van der Waals surface area contributed by atoms with Gasteiger partial charge in [0.1, 0.15) is 5.69 Å². The summed E-state index contributed by atoms with van der Waals surface area (Å²) in [4.78, 5) is 4.48. The maximum absolute atomic E-state index is 5.45. The predicted octanol–water partition coefficient (Wildman–Crippen LogP) is 2.94. The highest BCUT2D eigenvalue weighted by atomic mass is 79.9. The van der Waals surface area contributed by atoms with Gasteiger partial charge in [-0.2, -0.15) is 5.10 Å². The minimum absolute atomic E-state index is 0.0922. The number of hydrogen-bond acceptors (Lipinski definition) is 4. The van der Waals surface area contributed by atoms with Crippen LogP contribution in [0.15, 0.2) is 29.0 Å². The second kappa shape index (κ2) is 6.37. The van der Waals surface area contributed by atoms with E-state index in [0.717, 1.165) is 21.6 Å². The smallest absolute Gasteiger partial charge is 0.162 e. The van der Waals surface area contributed by atoms with E-state index >= 15 is 0 Å². The summed E-state index contributed by atoms with van der Waals surface area (Å²) in [5.41, 5.74) is 1.89. The van der Waals surface area contributed by atoms with Crippen LogP contribution < -0.4 is 10.1 Å². The molecule has 1 N–H and O–H groups in total. The second-order valence-corrected chi connectivity index (χ2v) is 5.58. The Labute approximate surface area is 127 Å². The molecule has 5 nitrogen and oxygen atoms in total. The Morgan fingerprint density at radius 1 is 1.40 bits per heavy atom. The fourth-order valence-electron chi connectivity index (χ4n) is 2.21. The zero-order valence-corrected chi connectivity index (χ0v) is 13.7. The lowest BCUT2D eigenvalue weighted by Gasteiger charge is -2.21. The molecule has 0 amide bonds. The van der Waals surface area contributed by atoms with Gasteiger partial charge in [0, 0.05) is 16.7 Å². The molecule has 0 bridgehead atoms. The highest BCUT2D eigenvalue weighted by molar-refractivity contribution is 9.10. The van der Waals surface area contributed by atoms with Crippen molar-refractivity contribution < 1.29 is 4.74 Å². The van der Waals surface area contributed by atoms with Gasteiger partial charge in [-0.05, 0) is 49.0 Å². The molecule has 2 heterocycles. The Morgan fingerprint density at radius 3 is 2.70 bits per heavy atom. The summed E-state index contributed by atoms with van der Waals surface area (Å²) >= 11 is 3.56. The van der Waals surface area contributed by atoms with Crippen molar-refractivity contribution >= 4 is 15.9 Å². The fourth-order valence-corrected chi connectivity index (χ4v) is 2.70. The van der Waals surface area contributed by atoms with E-state index in [4.69, 9.17) is 4.74 Å². The van der Waals surface area contributed by atoms with Crippen LogP contribution in [0, 0.1) is 0 Å². The van der Waals surface area contributed by atoms with Crippen LogP contribution in [0.1, 0.15) is 37.3 Å². The molecule has 0 aliphatic carbocycles. The van der Waals surface area contributed by atoms with Gasteiger partial charge >= 0.3 is 0 Å². The molecule has 0 fully saturated rings. The summed E-state index contributed by atoms with van der Waals surface area (Å²) in [5.74, 6) is 0.760. The SMILES string of the molecule is CNC(c1ncccc1Br)c1c(OC)cnn1C(C)C. The van der Waals surface area contributed by atoms with E-state index in [1.165, 1.54) is 0 Å². The van der Waals surface area contributed by atoms with Crippen LogP contribution >= 0.6 is 15.9 Å². The third kappa shape index (κ3) is 2.71. The first-order chi connectivity index (χ1) is 9.60. The van der Waals surface area contributed by atoms with E-state index in [2.05, 4.69) is 45.2 Å². The van der Waals surface area contributed by atoms with Crippen molar-refractivity contribution in [1.29, 1.82) is 0 Å². The molecule has 0 saturated heterocycles. The van der Waals surface area contributed by atoms with Crippen LogP contribution in [-0.4, -0.2) is 28.9 Å². The summed E-state index contributed by atoms with van der Waals surface area (Å²) in [7, 11) is 3.56. The van der Waals surface area contributed by atoms with Gasteiger partial charge < -0.3 is 10.1 Å². The largest absolute Gasteiger partial charge is 0.493 e. The molecule has 6 heteroatoms. The number of nitrogens with zero attached hydrogens (tertiary/aromatic N) is 3. The molecule has 0 spiro atoms. The van der Waals surface area contributed by atoms with Crippen LogP contribution in [-0.2, 0) is 0 Å². The second-order valence-electron chi connectivity index (χ2n) is 4.73. The highest BCUT2D eigenvalue weighted by Gasteiger charge is 2.25. The van der Waals surface area contributed by atoms with E-state index in [1.807, 2.05) is 23.9 Å². The van der Waals surface area contributed by atoms with Crippen molar-refractivity contribution in [3.63, 3.8) is 0 Å². The molecule has 1 unspecified atom stereocenters. The first kappa shape index (κ1) is 15.0. The monoisotopic (exact) mass is 338 g/mol. The number of ether oxygens (including phenoxy) is 1. The number of nitrogens with one attached hydrogen (secondary N) is 1. The van der Waals surface area contributed by atoms with Crippen molar-refractivity contribution in [2.45, 2.75) is 25.9 Å². The standard InChI is InChI=1S/C14H19BrN4O/c1-9(2)19-14(11(20-4)8-18-19)13(16-3)12-10(15)6-5-7-17-12/h5-9,13,16H,1-4H3. The van der Waals surface area contributed by atoms with Gasteiger partial charge in [-0.25, -0.2) is 0 Å². The van der Waals surface area contributed by atoms with Crippen molar-refractivity contribution in [3.8, 4) is 5.75 Å². The Balaban J connectivity index is 2.57. The topological polar surface area (TPSA) is 52.0 Å². The molecule has 0 aliphatic heterocycles. The Kier molecular flexibility index (Phi) is 4.77. The molecular formula is C14H19BrN4O. The van der Waals surface area contributed by atoms with Gasteiger partial charge in [0.2, 0.25) is 0 Å². The van der Waals surface area contributed by atoms with Crippen LogP contribution in [0.2, 0.25) is 0 Å². The normalized spacial score (nSPS) is 12.7. The first-order valence-electron chi connectivity index (χ1n) is 6.49. The number of halogens is 1. The van der Waals surface area contributed by atoms with E-state index < -0.39 is 0 Å². The Morgan fingerprint density at radius 2 is 2.15 bits per heavy atom. The zero-order valence-electron chi connectivity index (χ0n) is 12.1. The lowest BCUT2D eigenvalue weighted by Crippen LogP contribution is -2.24. The Bertz CT molecular complexity index is 582. The summed E-state index contributed by atoms with van der Waals surface area (Å²) in [6.45, 7) is 4.19. The lowest BCUT2D eigenvalue weighted by molar-refractivity contribution is 0.395. The maximum Gasteiger partial charge on any atom is 0.162 e.